The van der Waals surface area contributed by atoms with Crippen LogP contribution in [0.15, 0.2) is 51.7 Å². The van der Waals surface area contributed by atoms with Crippen LogP contribution in [-0.2, 0) is 13.0 Å². The summed E-state index contributed by atoms with van der Waals surface area (Å²) in [4.78, 5) is 11.8. The van der Waals surface area contributed by atoms with Gasteiger partial charge in [-0.15, -0.1) is 0 Å². The minimum Gasteiger partial charge on any atom is -0.508 e. The molecule has 3 N–H and O–H groups in total. The lowest BCUT2D eigenvalue weighted by atomic mass is 10.0. The zero-order chi connectivity index (χ0) is 18.5. The van der Waals surface area contributed by atoms with E-state index in [-0.39, 0.29) is 5.75 Å². The van der Waals surface area contributed by atoms with Gasteiger partial charge in [0.1, 0.15) is 36.8 Å². The Morgan fingerprint density at radius 3 is 2.62 bits per heavy atom. The molecule has 0 bridgehead atoms. The monoisotopic (exact) mass is 354 g/mol. The molecule has 1 aromatic heterocycles. The van der Waals surface area contributed by atoms with E-state index < -0.39 is 5.63 Å². The number of rotatable bonds is 7. The lowest BCUT2D eigenvalue weighted by Gasteiger charge is -2.09. The Balaban J connectivity index is 1.64. The molecule has 0 radical (unpaired) electrons. The topological polar surface area (TPSA) is 76.3 Å². The maximum absolute atomic E-state index is 11.8. The van der Waals surface area contributed by atoms with Gasteiger partial charge in [-0.1, -0.05) is 24.6 Å². The van der Waals surface area contributed by atoms with Crippen molar-refractivity contribution in [1.82, 2.24) is 0 Å². The van der Waals surface area contributed by atoms with Crippen molar-refractivity contribution in [1.29, 1.82) is 0 Å². The van der Waals surface area contributed by atoms with Gasteiger partial charge in [-0.05, 0) is 37.1 Å². The SMILES string of the molecule is CCc1cc2c(C[NH2+]CCOc3ccc(C)cc3)cc(=O)oc2cc1O. The van der Waals surface area contributed by atoms with Gasteiger partial charge in [0.05, 0.1) is 0 Å². The van der Waals surface area contributed by atoms with E-state index in [1.807, 2.05) is 44.2 Å². The van der Waals surface area contributed by atoms with E-state index in [1.165, 1.54) is 17.7 Å². The second kappa shape index (κ2) is 8.06. The van der Waals surface area contributed by atoms with Crippen LogP contribution in [0.3, 0.4) is 0 Å². The van der Waals surface area contributed by atoms with Crippen molar-refractivity contribution in [2.75, 3.05) is 13.2 Å². The first-order chi connectivity index (χ1) is 12.6. The third-order valence-electron chi connectivity index (χ3n) is 4.39. The molecule has 0 aliphatic rings. The summed E-state index contributed by atoms with van der Waals surface area (Å²) >= 11 is 0. The predicted molar refractivity (Wildman–Crippen MR) is 101 cm³/mol. The third-order valence-corrected chi connectivity index (χ3v) is 4.39. The second-order valence-corrected chi connectivity index (χ2v) is 6.36. The fraction of sp³-hybridized carbons (Fsp3) is 0.286. The Hall–Kier alpha value is -2.79. The van der Waals surface area contributed by atoms with Gasteiger partial charge in [-0.3, -0.25) is 0 Å². The van der Waals surface area contributed by atoms with Crippen LogP contribution in [0.4, 0.5) is 0 Å². The van der Waals surface area contributed by atoms with Gasteiger partial charge >= 0.3 is 5.63 Å². The molecule has 5 heteroatoms. The smallest absolute Gasteiger partial charge is 0.336 e. The van der Waals surface area contributed by atoms with E-state index in [1.54, 1.807) is 0 Å². The number of fused-ring (bicyclic) bond motifs is 1. The number of phenolic OH excluding ortho intramolecular Hbond substituents is 1. The highest BCUT2D eigenvalue weighted by Crippen LogP contribution is 2.26. The quantitative estimate of drug-likeness (QED) is 0.505. The molecule has 0 saturated carbocycles. The molecule has 0 fully saturated rings. The molecule has 0 saturated heterocycles. The Bertz CT molecular complexity index is 945. The summed E-state index contributed by atoms with van der Waals surface area (Å²) in [6.45, 7) is 6.03. The molecular weight excluding hydrogens is 330 g/mol. The fourth-order valence-corrected chi connectivity index (χ4v) is 2.91. The number of aromatic hydroxyl groups is 1. The standard InChI is InChI=1S/C21H23NO4/c1-3-15-10-18-16(11-21(24)26-20(18)12-19(15)23)13-22-8-9-25-17-6-4-14(2)5-7-17/h4-7,10-12,22-23H,3,8-9,13H2,1-2H3/p+1. The number of aryl methyl sites for hydroxylation is 2. The lowest BCUT2D eigenvalue weighted by molar-refractivity contribution is -0.671. The molecule has 0 atom stereocenters. The molecule has 3 aromatic rings. The number of phenols is 1. The number of quaternary nitrogens is 1. The molecule has 0 aliphatic carbocycles. The first-order valence-corrected chi connectivity index (χ1v) is 8.86. The molecule has 3 rings (SSSR count). The molecule has 2 aromatic carbocycles. The van der Waals surface area contributed by atoms with E-state index in [0.717, 1.165) is 28.8 Å². The number of benzene rings is 2. The number of hydrogen-bond acceptors (Lipinski definition) is 4. The number of ether oxygens (including phenoxy) is 1. The van der Waals surface area contributed by atoms with Crippen molar-refractivity contribution in [3.8, 4) is 11.5 Å². The molecule has 0 aliphatic heterocycles. The maximum atomic E-state index is 11.8. The Morgan fingerprint density at radius 2 is 1.88 bits per heavy atom. The molecule has 1 heterocycles. The summed E-state index contributed by atoms with van der Waals surface area (Å²) in [5.74, 6) is 1.02. The molecule has 136 valence electrons. The summed E-state index contributed by atoms with van der Waals surface area (Å²) in [7, 11) is 0. The van der Waals surface area contributed by atoms with E-state index >= 15 is 0 Å². The summed E-state index contributed by atoms with van der Waals surface area (Å²) in [6.07, 6.45) is 0.717. The minimum absolute atomic E-state index is 0.163. The molecule has 0 unspecified atom stereocenters. The van der Waals surface area contributed by atoms with Crippen molar-refractivity contribution < 1.29 is 19.6 Å². The summed E-state index contributed by atoms with van der Waals surface area (Å²) < 4.78 is 10.9. The summed E-state index contributed by atoms with van der Waals surface area (Å²) in [5.41, 5.74) is 2.97. The highest BCUT2D eigenvalue weighted by Gasteiger charge is 2.11. The molecule has 0 spiro atoms. The number of hydrogen-bond donors (Lipinski definition) is 2. The van der Waals surface area contributed by atoms with E-state index in [0.29, 0.717) is 25.2 Å². The summed E-state index contributed by atoms with van der Waals surface area (Å²) in [5, 5.41) is 12.9. The van der Waals surface area contributed by atoms with E-state index in [9.17, 15) is 9.90 Å². The van der Waals surface area contributed by atoms with Gasteiger partial charge in [0, 0.05) is 23.1 Å². The number of nitrogens with two attached hydrogens (primary N) is 1. The lowest BCUT2D eigenvalue weighted by Crippen LogP contribution is -2.83. The largest absolute Gasteiger partial charge is 0.508 e. The van der Waals surface area contributed by atoms with Crippen LogP contribution >= 0.6 is 0 Å². The normalized spacial score (nSPS) is 11.0. The van der Waals surface area contributed by atoms with Crippen molar-refractivity contribution >= 4 is 11.0 Å². The van der Waals surface area contributed by atoms with Crippen LogP contribution in [0.25, 0.3) is 11.0 Å². The van der Waals surface area contributed by atoms with Gasteiger partial charge in [-0.2, -0.15) is 0 Å². The van der Waals surface area contributed by atoms with Crippen LogP contribution in [0.2, 0.25) is 0 Å². The van der Waals surface area contributed by atoms with E-state index in [4.69, 9.17) is 9.15 Å². The second-order valence-electron chi connectivity index (χ2n) is 6.36. The van der Waals surface area contributed by atoms with Crippen LogP contribution in [0.1, 0.15) is 23.6 Å². The maximum Gasteiger partial charge on any atom is 0.336 e. The van der Waals surface area contributed by atoms with Crippen molar-refractivity contribution in [3.05, 3.63) is 69.6 Å². The highest BCUT2D eigenvalue weighted by molar-refractivity contribution is 5.82. The van der Waals surface area contributed by atoms with Gasteiger partial charge in [0.25, 0.3) is 0 Å². The fourth-order valence-electron chi connectivity index (χ4n) is 2.91. The van der Waals surface area contributed by atoms with Crippen molar-refractivity contribution in [2.45, 2.75) is 26.8 Å². The van der Waals surface area contributed by atoms with Crippen LogP contribution in [-0.4, -0.2) is 18.3 Å². The minimum atomic E-state index is -0.402. The first-order valence-electron chi connectivity index (χ1n) is 8.86. The average Bonchev–Trinajstić information content (AvgIpc) is 2.62. The average molecular weight is 354 g/mol. The zero-order valence-electron chi connectivity index (χ0n) is 15.1. The van der Waals surface area contributed by atoms with Gasteiger partial charge < -0.3 is 19.6 Å². The Labute approximate surface area is 152 Å². The van der Waals surface area contributed by atoms with Gasteiger partial charge in [0.2, 0.25) is 0 Å². The zero-order valence-corrected chi connectivity index (χ0v) is 15.1. The first kappa shape index (κ1) is 18.0. The van der Waals surface area contributed by atoms with Gasteiger partial charge in [-0.25, -0.2) is 4.79 Å². The molecule has 26 heavy (non-hydrogen) atoms. The van der Waals surface area contributed by atoms with E-state index in [2.05, 4.69) is 5.32 Å². The highest BCUT2D eigenvalue weighted by atomic mass is 16.5. The molecule has 0 amide bonds. The molecule has 5 nitrogen and oxygen atoms in total. The third kappa shape index (κ3) is 4.24. The predicted octanol–water partition coefficient (Wildman–Crippen LogP) is 2.51. The van der Waals surface area contributed by atoms with Gasteiger partial charge in [0.15, 0.2) is 0 Å². The Morgan fingerprint density at radius 1 is 1.12 bits per heavy atom. The molecular formula is C21H24NO4+. The van der Waals surface area contributed by atoms with Crippen molar-refractivity contribution in [3.63, 3.8) is 0 Å². The van der Waals surface area contributed by atoms with Crippen LogP contribution in [0, 0.1) is 6.92 Å². The van der Waals surface area contributed by atoms with Crippen molar-refractivity contribution in [2.24, 2.45) is 0 Å². The Kier molecular flexibility index (Phi) is 5.58. The van der Waals surface area contributed by atoms with Crippen LogP contribution < -0.4 is 15.7 Å². The van der Waals surface area contributed by atoms with Crippen LogP contribution in [0.5, 0.6) is 11.5 Å². The summed E-state index contributed by atoms with van der Waals surface area (Å²) in [6, 6.07) is 12.9.